The molecule has 0 aliphatic carbocycles. The Balaban J connectivity index is 2.04. The van der Waals surface area contributed by atoms with Crippen LogP contribution in [-0.2, 0) is 4.74 Å². The maximum Gasteiger partial charge on any atom is 0.125 e. The van der Waals surface area contributed by atoms with Crippen molar-refractivity contribution in [3.05, 3.63) is 35.1 Å². The van der Waals surface area contributed by atoms with E-state index in [0.29, 0.717) is 6.04 Å². The third-order valence-corrected chi connectivity index (χ3v) is 4.50. The average molecular weight is 291 g/mol. The van der Waals surface area contributed by atoms with E-state index in [2.05, 4.69) is 29.1 Å². The molecule has 0 fully saturated rings. The summed E-state index contributed by atoms with van der Waals surface area (Å²) in [7, 11) is 1.73. The fourth-order valence-corrected chi connectivity index (χ4v) is 3.13. The molecular formula is C15H21N3OS. The first kappa shape index (κ1) is 15.1. The molecule has 5 heteroatoms. The molecule has 0 bridgehead atoms. The summed E-state index contributed by atoms with van der Waals surface area (Å²) in [6, 6.07) is 4.30. The van der Waals surface area contributed by atoms with E-state index >= 15 is 0 Å². The van der Waals surface area contributed by atoms with E-state index in [-0.39, 0.29) is 0 Å². The number of pyridine rings is 1. The number of hydrogen-bond donors (Lipinski definition) is 1. The first-order valence-corrected chi connectivity index (χ1v) is 7.64. The lowest BCUT2D eigenvalue weighted by Gasteiger charge is -2.12. The van der Waals surface area contributed by atoms with Crippen molar-refractivity contribution >= 4 is 11.3 Å². The van der Waals surface area contributed by atoms with Crippen molar-refractivity contribution in [3.63, 3.8) is 0 Å². The van der Waals surface area contributed by atoms with Gasteiger partial charge in [0.05, 0.1) is 5.69 Å². The molecule has 1 unspecified atom stereocenters. The Morgan fingerprint density at radius 3 is 3.00 bits per heavy atom. The molecule has 108 valence electrons. The van der Waals surface area contributed by atoms with Crippen molar-refractivity contribution in [2.45, 2.75) is 26.3 Å². The summed E-state index contributed by atoms with van der Waals surface area (Å²) in [5.41, 5.74) is 2.18. The highest BCUT2D eigenvalue weighted by Crippen LogP contribution is 2.31. The third-order valence-electron chi connectivity index (χ3n) is 3.11. The normalized spacial score (nSPS) is 12.6. The van der Waals surface area contributed by atoms with Gasteiger partial charge in [0.15, 0.2) is 0 Å². The number of rotatable bonds is 7. The first-order chi connectivity index (χ1) is 9.72. The maximum absolute atomic E-state index is 5.06. The van der Waals surface area contributed by atoms with Crippen LogP contribution in [-0.4, -0.2) is 30.2 Å². The highest BCUT2D eigenvalue weighted by Gasteiger charge is 2.14. The van der Waals surface area contributed by atoms with Gasteiger partial charge in [0.25, 0.3) is 0 Å². The quantitative estimate of drug-likeness (QED) is 0.796. The number of aromatic nitrogens is 2. The summed E-state index contributed by atoms with van der Waals surface area (Å²) in [5.74, 6) is 0. The van der Waals surface area contributed by atoms with Crippen molar-refractivity contribution in [2.75, 3.05) is 20.3 Å². The summed E-state index contributed by atoms with van der Waals surface area (Å²) >= 11 is 1.74. The molecule has 2 aromatic heterocycles. The number of hydrogen-bond acceptors (Lipinski definition) is 5. The third kappa shape index (κ3) is 3.85. The Morgan fingerprint density at radius 1 is 1.45 bits per heavy atom. The smallest absolute Gasteiger partial charge is 0.125 e. The number of thiazole rings is 1. The predicted molar refractivity (Wildman–Crippen MR) is 83.0 cm³/mol. The first-order valence-electron chi connectivity index (χ1n) is 6.82. The Morgan fingerprint density at radius 2 is 2.30 bits per heavy atom. The second-order valence-corrected chi connectivity index (χ2v) is 5.76. The summed E-state index contributed by atoms with van der Waals surface area (Å²) in [6.45, 7) is 6.00. The Bertz CT molecular complexity index is 527. The Hall–Kier alpha value is -1.30. The van der Waals surface area contributed by atoms with Gasteiger partial charge in [0, 0.05) is 42.6 Å². The van der Waals surface area contributed by atoms with Gasteiger partial charge in [0.2, 0.25) is 0 Å². The van der Waals surface area contributed by atoms with Gasteiger partial charge >= 0.3 is 0 Å². The van der Waals surface area contributed by atoms with Crippen molar-refractivity contribution in [1.29, 1.82) is 0 Å². The largest absolute Gasteiger partial charge is 0.385 e. The SMILES string of the molecule is COCCCNC(C)c1sc(-c2cccnc2)nc1C. The van der Waals surface area contributed by atoms with E-state index in [1.807, 2.05) is 18.3 Å². The Kier molecular flexibility index (Phi) is 5.64. The van der Waals surface area contributed by atoms with Gasteiger partial charge in [0.1, 0.15) is 5.01 Å². The molecule has 0 spiro atoms. The zero-order valence-electron chi connectivity index (χ0n) is 12.2. The zero-order chi connectivity index (χ0) is 14.4. The molecule has 2 rings (SSSR count). The van der Waals surface area contributed by atoms with Crippen LogP contribution in [0.2, 0.25) is 0 Å². The van der Waals surface area contributed by atoms with Crippen LogP contribution < -0.4 is 5.32 Å². The molecule has 0 aromatic carbocycles. The topological polar surface area (TPSA) is 47.0 Å². The van der Waals surface area contributed by atoms with Crippen LogP contribution in [0.15, 0.2) is 24.5 Å². The molecule has 20 heavy (non-hydrogen) atoms. The number of nitrogens with one attached hydrogen (secondary N) is 1. The van der Waals surface area contributed by atoms with Gasteiger partial charge in [-0.15, -0.1) is 11.3 Å². The van der Waals surface area contributed by atoms with Gasteiger partial charge in [-0.05, 0) is 38.9 Å². The summed E-state index contributed by atoms with van der Waals surface area (Å²) in [4.78, 5) is 10.1. The molecule has 0 saturated carbocycles. The lowest BCUT2D eigenvalue weighted by Crippen LogP contribution is -2.20. The molecule has 2 heterocycles. The molecule has 4 nitrogen and oxygen atoms in total. The molecule has 0 aliphatic heterocycles. The highest BCUT2D eigenvalue weighted by molar-refractivity contribution is 7.15. The average Bonchev–Trinajstić information content (AvgIpc) is 2.86. The van der Waals surface area contributed by atoms with E-state index in [1.165, 1.54) is 4.88 Å². The van der Waals surface area contributed by atoms with Gasteiger partial charge in [-0.3, -0.25) is 4.98 Å². The van der Waals surface area contributed by atoms with Crippen LogP contribution in [0, 0.1) is 6.92 Å². The van der Waals surface area contributed by atoms with Crippen LogP contribution in [0.3, 0.4) is 0 Å². The van der Waals surface area contributed by atoms with E-state index < -0.39 is 0 Å². The van der Waals surface area contributed by atoms with Crippen LogP contribution in [0.5, 0.6) is 0 Å². The minimum Gasteiger partial charge on any atom is -0.385 e. The van der Waals surface area contributed by atoms with Crippen molar-refractivity contribution < 1.29 is 4.74 Å². The van der Waals surface area contributed by atoms with Crippen molar-refractivity contribution in [2.24, 2.45) is 0 Å². The second kappa shape index (κ2) is 7.47. The predicted octanol–water partition coefficient (Wildman–Crippen LogP) is 3.20. The Labute approximate surface area is 124 Å². The standard InChI is InChI=1S/C15H21N3OS/c1-11(17-8-5-9-19-3)14-12(2)18-15(20-14)13-6-4-7-16-10-13/h4,6-7,10-11,17H,5,8-9H2,1-3H3. The zero-order valence-corrected chi connectivity index (χ0v) is 13.0. The van der Waals surface area contributed by atoms with Crippen molar-refractivity contribution in [1.82, 2.24) is 15.3 Å². The molecule has 1 N–H and O–H groups in total. The molecule has 2 aromatic rings. The van der Waals surface area contributed by atoms with Crippen LogP contribution in [0.1, 0.15) is 30.0 Å². The molecular weight excluding hydrogens is 270 g/mol. The molecule has 0 aliphatic rings. The van der Waals surface area contributed by atoms with Gasteiger partial charge < -0.3 is 10.1 Å². The minimum absolute atomic E-state index is 0.315. The van der Waals surface area contributed by atoms with Gasteiger partial charge in [-0.1, -0.05) is 0 Å². The maximum atomic E-state index is 5.06. The number of aryl methyl sites for hydroxylation is 1. The fraction of sp³-hybridized carbons (Fsp3) is 0.467. The lowest BCUT2D eigenvalue weighted by molar-refractivity contribution is 0.193. The van der Waals surface area contributed by atoms with Crippen LogP contribution >= 0.6 is 11.3 Å². The van der Waals surface area contributed by atoms with Gasteiger partial charge in [-0.2, -0.15) is 0 Å². The van der Waals surface area contributed by atoms with E-state index in [9.17, 15) is 0 Å². The summed E-state index contributed by atoms with van der Waals surface area (Å²) in [6.07, 6.45) is 4.66. The van der Waals surface area contributed by atoms with Crippen molar-refractivity contribution in [3.8, 4) is 10.6 Å². The monoisotopic (exact) mass is 291 g/mol. The fourth-order valence-electron chi connectivity index (χ4n) is 2.05. The molecule has 0 amide bonds. The lowest BCUT2D eigenvalue weighted by atomic mass is 10.2. The number of methoxy groups -OCH3 is 1. The molecule has 0 saturated heterocycles. The highest BCUT2D eigenvalue weighted by atomic mass is 32.1. The second-order valence-electron chi connectivity index (χ2n) is 4.73. The van der Waals surface area contributed by atoms with Crippen LogP contribution in [0.25, 0.3) is 10.6 Å². The number of nitrogens with zero attached hydrogens (tertiary/aromatic N) is 2. The van der Waals surface area contributed by atoms with E-state index in [1.54, 1.807) is 24.6 Å². The number of ether oxygens (including phenoxy) is 1. The molecule has 1 atom stereocenters. The van der Waals surface area contributed by atoms with Crippen LogP contribution in [0.4, 0.5) is 0 Å². The van der Waals surface area contributed by atoms with Gasteiger partial charge in [-0.25, -0.2) is 4.98 Å². The van der Waals surface area contributed by atoms with E-state index in [4.69, 9.17) is 4.74 Å². The minimum atomic E-state index is 0.315. The summed E-state index contributed by atoms with van der Waals surface area (Å²) in [5, 5.41) is 4.55. The summed E-state index contributed by atoms with van der Waals surface area (Å²) < 4.78 is 5.06. The van der Waals surface area contributed by atoms with E-state index in [0.717, 1.165) is 35.8 Å². The molecule has 0 radical (unpaired) electrons.